The van der Waals surface area contributed by atoms with E-state index in [1.165, 1.54) is 0 Å². The van der Waals surface area contributed by atoms with Gasteiger partial charge in [0.1, 0.15) is 25.1 Å². The van der Waals surface area contributed by atoms with E-state index < -0.39 is 41.5 Å². The average Bonchev–Trinajstić information content (AvgIpc) is 2.05. The summed E-state index contributed by atoms with van der Waals surface area (Å²) in [6.07, 6.45) is 0. The first-order chi connectivity index (χ1) is 7.03. The van der Waals surface area contributed by atoms with Gasteiger partial charge in [0.2, 0.25) is 0 Å². The van der Waals surface area contributed by atoms with E-state index in [4.69, 9.17) is 10.2 Å². The Hall–Kier alpha value is 0.211. The Kier molecular flexibility index (Phi) is 5.53. The van der Waals surface area contributed by atoms with Crippen LogP contribution in [-0.4, -0.2) is 85.0 Å². The van der Waals surface area contributed by atoms with Crippen molar-refractivity contribution in [2.24, 2.45) is 0 Å². The van der Waals surface area contributed by atoms with Crippen molar-refractivity contribution in [3.05, 3.63) is 12.1 Å². The SMILES string of the molecule is O=S(=O)([O-])c1cc(O)c(O)c(S(=O)(=O)[O-])c1.[Ba+2]. The van der Waals surface area contributed by atoms with Crippen LogP contribution in [0.5, 0.6) is 11.5 Å². The maximum Gasteiger partial charge on any atom is 2.00 e. The Bertz CT molecular complexity index is 632. The molecule has 0 amide bonds. The maximum atomic E-state index is 10.6. The van der Waals surface area contributed by atoms with Gasteiger partial charge in [-0.15, -0.1) is 0 Å². The van der Waals surface area contributed by atoms with Crippen LogP contribution in [0.3, 0.4) is 0 Å². The third-order valence-corrected chi connectivity index (χ3v) is 3.25. The molecule has 8 nitrogen and oxygen atoms in total. The normalized spacial score (nSPS) is 11.9. The van der Waals surface area contributed by atoms with Crippen molar-refractivity contribution in [2.75, 3.05) is 0 Å². The van der Waals surface area contributed by atoms with Crippen LogP contribution in [0, 0.1) is 0 Å². The van der Waals surface area contributed by atoms with E-state index in [2.05, 4.69) is 0 Å². The van der Waals surface area contributed by atoms with Crippen LogP contribution in [0.2, 0.25) is 0 Å². The number of hydrogen-bond acceptors (Lipinski definition) is 8. The Labute approximate surface area is 137 Å². The Morgan fingerprint density at radius 3 is 1.76 bits per heavy atom. The molecule has 0 aliphatic carbocycles. The third-order valence-electron chi connectivity index (χ3n) is 1.59. The van der Waals surface area contributed by atoms with Crippen LogP contribution in [0.1, 0.15) is 0 Å². The molecule has 0 atom stereocenters. The zero-order valence-corrected chi connectivity index (χ0v) is 14.1. The molecular weight excluding hydrogens is 402 g/mol. The van der Waals surface area contributed by atoms with E-state index in [1.807, 2.05) is 0 Å². The second-order valence-electron chi connectivity index (χ2n) is 2.70. The first kappa shape index (κ1) is 17.2. The standard InChI is InChI=1S/C6H6O8S2.Ba/c7-4-1-3(15(9,10)11)2-5(6(4)8)16(12,13)14;/h1-2,7-8H,(H,9,10,11)(H,12,13,14);/q;+2/p-2. The Balaban J connectivity index is 0.00000256. The van der Waals surface area contributed by atoms with Gasteiger partial charge < -0.3 is 19.3 Å². The van der Waals surface area contributed by atoms with Crippen molar-refractivity contribution in [1.82, 2.24) is 0 Å². The Morgan fingerprint density at radius 1 is 0.941 bits per heavy atom. The van der Waals surface area contributed by atoms with E-state index in [0.717, 1.165) is 0 Å². The van der Waals surface area contributed by atoms with Gasteiger partial charge in [0.15, 0.2) is 11.5 Å². The number of rotatable bonds is 2. The largest absolute Gasteiger partial charge is 2.00 e. The molecule has 17 heavy (non-hydrogen) atoms. The van der Waals surface area contributed by atoms with Crippen LogP contribution < -0.4 is 0 Å². The van der Waals surface area contributed by atoms with Crippen molar-refractivity contribution in [3.63, 3.8) is 0 Å². The minimum absolute atomic E-state index is 0. The fourth-order valence-corrected chi connectivity index (χ4v) is 2.11. The second-order valence-corrected chi connectivity index (χ2v) is 5.43. The van der Waals surface area contributed by atoms with E-state index >= 15 is 0 Å². The van der Waals surface area contributed by atoms with Gasteiger partial charge in [0, 0.05) is 6.07 Å². The third kappa shape index (κ3) is 4.11. The number of hydrogen-bond donors (Lipinski definition) is 2. The summed E-state index contributed by atoms with van der Waals surface area (Å²) in [6, 6.07) is 0.520. The summed E-state index contributed by atoms with van der Waals surface area (Å²) in [5.41, 5.74) is 0. The quantitative estimate of drug-likeness (QED) is 0.343. The molecule has 1 aromatic carbocycles. The van der Waals surface area contributed by atoms with Crippen molar-refractivity contribution >= 4 is 69.1 Å². The number of phenolic OH excluding ortho intramolecular Hbond substituents is 2. The van der Waals surface area contributed by atoms with E-state index in [0.29, 0.717) is 6.07 Å². The zero-order valence-electron chi connectivity index (χ0n) is 8.02. The molecule has 0 heterocycles. The van der Waals surface area contributed by atoms with E-state index in [-0.39, 0.29) is 54.9 Å². The molecule has 0 unspecified atom stereocenters. The molecule has 0 radical (unpaired) electrons. The number of aromatic hydroxyl groups is 2. The molecule has 0 aromatic heterocycles. The molecule has 0 aliphatic heterocycles. The van der Waals surface area contributed by atoms with Gasteiger partial charge >= 0.3 is 48.9 Å². The number of benzene rings is 1. The fourth-order valence-electron chi connectivity index (χ4n) is 0.903. The molecule has 2 N–H and O–H groups in total. The molecular formula is C6H4BaO8S2. The summed E-state index contributed by atoms with van der Waals surface area (Å²) in [7, 11) is -10.3. The summed E-state index contributed by atoms with van der Waals surface area (Å²) >= 11 is 0. The van der Waals surface area contributed by atoms with Crippen LogP contribution in [0.4, 0.5) is 0 Å². The molecule has 0 saturated carbocycles. The maximum absolute atomic E-state index is 10.6. The van der Waals surface area contributed by atoms with Gasteiger partial charge in [-0.25, -0.2) is 16.8 Å². The summed E-state index contributed by atoms with van der Waals surface area (Å²) in [5.74, 6) is -2.49. The van der Waals surface area contributed by atoms with E-state index in [9.17, 15) is 25.9 Å². The predicted molar refractivity (Wildman–Crippen MR) is 51.5 cm³/mol. The van der Waals surface area contributed by atoms with Gasteiger partial charge in [-0.3, -0.25) is 0 Å². The zero-order chi connectivity index (χ0) is 12.7. The van der Waals surface area contributed by atoms with Gasteiger partial charge in [-0.05, 0) is 6.07 Å². The number of phenols is 2. The molecule has 0 fully saturated rings. The smallest absolute Gasteiger partial charge is 0.744 e. The summed E-state index contributed by atoms with van der Waals surface area (Å²) < 4.78 is 63.3. The Morgan fingerprint density at radius 2 is 1.41 bits per heavy atom. The van der Waals surface area contributed by atoms with Gasteiger partial charge in [-0.1, -0.05) is 0 Å². The molecule has 0 bridgehead atoms. The predicted octanol–water partition coefficient (Wildman–Crippen LogP) is -1.47. The van der Waals surface area contributed by atoms with Crippen LogP contribution in [0.25, 0.3) is 0 Å². The van der Waals surface area contributed by atoms with Crippen molar-refractivity contribution in [2.45, 2.75) is 9.79 Å². The summed E-state index contributed by atoms with van der Waals surface area (Å²) in [6.45, 7) is 0. The van der Waals surface area contributed by atoms with E-state index in [1.54, 1.807) is 0 Å². The van der Waals surface area contributed by atoms with Crippen LogP contribution in [0.15, 0.2) is 21.9 Å². The van der Waals surface area contributed by atoms with Crippen LogP contribution in [-0.2, 0) is 20.2 Å². The van der Waals surface area contributed by atoms with Crippen molar-refractivity contribution in [3.8, 4) is 11.5 Å². The van der Waals surface area contributed by atoms with Gasteiger partial charge in [-0.2, -0.15) is 0 Å². The van der Waals surface area contributed by atoms with Crippen molar-refractivity contribution < 1.29 is 36.2 Å². The van der Waals surface area contributed by atoms with Crippen LogP contribution >= 0.6 is 0 Å². The average molecular weight is 406 g/mol. The molecule has 0 saturated heterocycles. The van der Waals surface area contributed by atoms with Gasteiger partial charge in [0.25, 0.3) is 0 Å². The minimum Gasteiger partial charge on any atom is -0.744 e. The fraction of sp³-hybridized carbons (Fsp3) is 0. The molecule has 1 rings (SSSR count). The first-order valence-corrected chi connectivity index (χ1v) is 6.33. The van der Waals surface area contributed by atoms with Gasteiger partial charge in [0.05, 0.1) is 4.90 Å². The molecule has 1 aromatic rings. The topological polar surface area (TPSA) is 155 Å². The molecule has 0 spiro atoms. The molecule has 0 aliphatic rings. The first-order valence-electron chi connectivity index (χ1n) is 3.51. The monoisotopic (exact) mass is 406 g/mol. The second kappa shape index (κ2) is 5.46. The summed E-state index contributed by atoms with van der Waals surface area (Å²) in [5, 5.41) is 17.9. The molecule has 90 valence electrons. The van der Waals surface area contributed by atoms with Crippen molar-refractivity contribution in [1.29, 1.82) is 0 Å². The summed E-state index contributed by atoms with van der Waals surface area (Å²) in [4.78, 5) is -2.50. The minimum atomic E-state index is -5.20. The molecule has 11 heteroatoms.